The summed E-state index contributed by atoms with van der Waals surface area (Å²) in [5.41, 5.74) is 0.914. The molecule has 2 rings (SSSR count). The molecule has 0 bridgehead atoms. The third-order valence-electron chi connectivity index (χ3n) is 3.68. The minimum absolute atomic E-state index is 0.157. The van der Waals surface area contributed by atoms with E-state index in [4.69, 9.17) is 0 Å². The Kier molecular flexibility index (Phi) is 5.07. The third kappa shape index (κ3) is 3.09. The number of thioether (sulfide) groups is 1. The van der Waals surface area contributed by atoms with E-state index in [9.17, 15) is 14.7 Å². The van der Waals surface area contributed by atoms with Crippen molar-refractivity contribution in [2.45, 2.75) is 31.5 Å². The minimum Gasteiger partial charge on any atom is -0.480 e. The van der Waals surface area contributed by atoms with Crippen molar-refractivity contribution in [1.29, 1.82) is 0 Å². The topological polar surface area (TPSA) is 83.7 Å². The number of imidazole rings is 1. The fourth-order valence-corrected chi connectivity index (χ4v) is 2.75. The fraction of sp³-hybridized carbons (Fsp3) is 0.400. The highest BCUT2D eigenvalue weighted by atomic mass is 32.2. The van der Waals surface area contributed by atoms with E-state index in [1.807, 2.05) is 35.9 Å². The van der Waals surface area contributed by atoms with E-state index in [0.717, 1.165) is 0 Å². The Balaban J connectivity index is 2.35. The highest BCUT2D eigenvalue weighted by Crippen LogP contribution is 2.20. The number of rotatable bonds is 6. The normalized spacial score (nSPS) is 13.8. The maximum Gasteiger partial charge on any atom is 0.326 e. The van der Waals surface area contributed by atoms with Gasteiger partial charge < -0.3 is 10.4 Å². The van der Waals surface area contributed by atoms with Gasteiger partial charge in [0.1, 0.15) is 6.04 Å². The Bertz CT molecular complexity index is 698. The molecule has 2 heterocycles. The van der Waals surface area contributed by atoms with Crippen molar-refractivity contribution in [3.8, 4) is 0 Å². The van der Waals surface area contributed by atoms with E-state index in [2.05, 4.69) is 10.3 Å². The van der Waals surface area contributed by atoms with Crippen LogP contribution in [0, 0.1) is 5.92 Å². The summed E-state index contributed by atoms with van der Waals surface area (Å²) in [7, 11) is 0. The minimum atomic E-state index is -1.03. The molecule has 2 N–H and O–H groups in total. The van der Waals surface area contributed by atoms with Gasteiger partial charge in [-0.2, -0.15) is 0 Å². The number of carboxylic acid groups (broad SMARTS) is 1. The average molecular weight is 321 g/mol. The number of carbonyl (C=O) groups excluding carboxylic acids is 1. The monoisotopic (exact) mass is 321 g/mol. The summed E-state index contributed by atoms with van der Waals surface area (Å²) in [6, 6.07) is 4.55. The number of aromatic nitrogens is 2. The molecule has 2 atom stereocenters. The van der Waals surface area contributed by atoms with Gasteiger partial charge in [-0.15, -0.1) is 0 Å². The summed E-state index contributed by atoms with van der Waals surface area (Å²) >= 11 is 1.43. The first kappa shape index (κ1) is 16.4. The van der Waals surface area contributed by atoms with Crippen molar-refractivity contribution < 1.29 is 14.7 Å². The van der Waals surface area contributed by atoms with Crippen LogP contribution in [0.5, 0.6) is 0 Å². The van der Waals surface area contributed by atoms with Crippen molar-refractivity contribution in [1.82, 2.24) is 14.7 Å². The lowest BCUT2D eigenvalue weighted by Gasteiger charge is -2.19. The van der Waals surface area contributed by atoms with Gasteiger partial charge in [-0.25, -0.2) is 9.78 Å². The Morgan fingerprint density at radius 1 is 1.45 bits per heavy atom. The molecule has 0 aliphatic heterocycles. The second kappa shape index (κ2) is 6.83. The number of amides is 1. The highest BCUT2D eigenvalue weighted by molar-refractivity contribution is 7.98. The molecule has 0 aliphatic carbocycles. The first-order chi connectivity index (χ1) is 10.5. The number of hydrogen-bond donors (Lipinski definition) is 2. The molecule has 1 amide bonds. The molecule has 0 saturated carbocycles. The van der Waals surface area contributed by atoms with Crippen LogP contribution in [0.1, 0.15) is 30.8 Å². The second-order valence-electron chi connectivity index (χ2n) is 5.08. The van der Waals surface area contributed by atoms with E-state index in [0.29, 0.717) is 17.1 Å². The van der Waals surface area contributed by atoms with Crippen LogP contribution in [0.2, 0.25) is 0 Å². The maximum absolute atomic E-state index is 12.5. The molecule has 0 radical (unpaired) electrons. The lowest BCUT2D eigenvalue weighted by atomic mass is 9.99. The zero-order valence-electron chi connectivity index (χ0n) is 12.7. The third-order valence-corrected chi connectivity index (χ3v) is 4.33. The van der Waals surface area contributed by atoms with Gasteiger partial charge in [0.05, 0.1) is 5.52 Å². The molecule has 0 spiro atoms. The van der Waals surface area contributed by atoms with E-state index >= 15 is 0 Å². The van der Waals surface area contributed by atoms with E-state index < -0.39 is 17.9 Å². The van der Waals surface area contributed by atoms with Gasteiger partial charge in [0.2, 0.25) is 0 Å². The number of fused-ring (bicyclic) bond motifs is 1. The van der Waals surface area contributed by atoms with Crippen LogP contribution >= 0.6 is 11.8 Å². The lowest BCUT2D eigenvalue weighted by Crippen LogP contribution is -2.45. The molecule has 0 aliphatic rings. The van der Waals surface area contributed by atoms with Crippen LogP contribution in [0.3, 0.4) is 0 Å². The number of nitrogens with one attached hydrogen (secondary N) is 1. The van der Waals surface area contributed by atoms with Gasteiger partial charge in [0.25, 0.3) is 5.91 Å². The number of nitrogens with zero attached hydrogens (tertiary/aromatic N) is 2. The van der Waals surface area contributed by atoms with E-state index in [1.165, 1.54) is 11.8 Å². The Hall–Kier alpha value is -2.02. The molecule has 6 nitrogen and oxygen atoms in total. The predicted molar refractivity (Wildman–Crippen MR) is 85.3 cm³/mol. The number of hydrogen-bond acceptors (Lipinski definition) is 4. The smallest absolute Gasteiger partial charge is 0.326 e. The van der Waals surface area contributed by atoms with Gasteiger partial charge in [-0.1, -0.05) is 38.1 Å². The predicted octanol–water partition coefficient (Wildman–Crippen LogP) is 2.29. The summed E-state index contributed by atoms with van der Waals surface area (Å²) in [6.45, 7) is 3.70. The number of pyridine rings is 1. The van der Waals surface area contributed by atoms with Gasteiger partial charge in [0.15, 0.2) is 10.9 Å². The Labute approximate surface area is 132 Å². The molecule has 0 fully saturated rings. The molecule has 0 unspecified atom stereocenters. The summed E-state index contributed by atoms with van der Waals surface area (Å²) < 4.78 is 1.82. The quantitative estimate of drug-likeness (QED) is 0.798. The molecule has 118 valence electrons. The van der Waals surface area contributed by atoms with Crippen LogP contribution < -0.4 is 5.32 Å². The number of carbonyl (C=O) groups is 2. The van der Waals surface area contributed by atoms with Crippen LogP contribution in [0.15, 0.2) is 29.6 Å². The fourth-order valence-electron chi connectivity index (χ4n) is 2.21. The zero-order chi connectivity index (χ0) is 16.3. The summed E-state index contributed by atoms with van der Waals surface area (Å²) in [5, 5.41) is 12.6. The van der Waals surface area contributed by atoms with Crippen molar-refractivity contribution >= 4 is 29.2 Å². The molecular weight excluding hydrogens is 302 g/mol. The Morgan fingerprint density at radius 2 is 2.18 bits per heavy atom. The average Bonchev–Trinajstić information content (AvgIpc) is 2.90. The highest BCUT2D eigenvalue weighted by Gasteiger charge is 2.27. The molecule has 0 aromatic carbocycles. The summed E-state index contributed by atoms with van der Waals surface area (Å²) in [4.78, 5) is 28.1. The SMILES string of the molecule is CC[C@H](C)[C@H](NC(=O)c1nc(SC)n2ccccc12)C(=O)O. The van der Waals surface area contributed by atoms with Crippen molar-refractivity contribution in [3.05, 3.63) is 30.1 Å². The van der Waals surface area contributed by atoms with Gasteiger partial charge in [0, 0.05) is 6.20 Å². The molecule has 22 heavy (non-hydrogen) atoms. The van der Waals surface area contributed by atoms with Gasteiger partial charge in [-0.3, -0.25) is 9.20 Å². The molecular formula is C15H19N3O3S. The number of carboxylic acids is 1. The molecule has 0 saturated heterocycles. The van der Waals surface area contributed by atoms with Crippen LogP contribution in [0.25, 0.3) is 5.52 Å². The maximum atomic E-state index is 12.5. The first-order valence-corrected chi connectivity index (χ1v) is 8.26. The van der Waals surface area contributed by atoms with Crippen LogP contribution in [-0.2, 0) is 4.79 Å². The molecule has 7 heteroatoms. The van der Waals surface area contributed by atoms with Crippen molar-refractivity contribution in [2.24, 2.45) is 5.92 Å². The first-order valence-electron chi connectivity index (χ1n) is 7.04. The summed E-state index contributed by atoms with van der Waals surface area (Å²) in [6.07, 6.45) is 4.37. The molecule has 2 aromatic rings. The van der Waals surface area contributed by atoms with E-state index in [-0.39, 0.29) is 11.6 Å². The van der Waals surface area contributed by atoms with Crippen LogP contribution in [0.4, 0.5) is 0 Å². The van der Waals surface area contributed by atoms with Gasteiger partial charge in [-0.05, 0) is 24.3 Å². The Morgan fingerprint density at radius 3 is 2.77 bits per heavy atom. The zero-order valence-corrected chi connectivity index (χ0v) is 13.6. The number of aliphatic carboxylic acids is 1. The van der Waals surface area contributed by atoms with Crippen molar-refractivity contribution in [3.63, 3.8) is 0 Å². The second-order valence-corrected chi connectivity index (χ2v) is 5.85. The van der Waals surface area contributed by atoms with Crippen molar-refractivity contribution in [2.75, 3.05) is 6.26 Å². The molecule has 2 aromatic heterocycles. The lowest BCUT2D eigenvalue weighted by molar-refractivity contribution is -0.140. The standard InChI is InChI=1S/C15H19N3O3S/c1-4-9(2)11(14(20)21)16-13(19)12-10-7-5-6-8-18(10)15(17-12)22-3/h5-9,11H,4H2,1-3H3,(H,16,19)(H,20,21)/t9-,11-/m0/s1. The summed E-state index contributed by atoms with van der Waals surface area (Å²) in [5.74, 6) is -1.65. The van der Waals surface area contributed by atoms with E-state index in [1.54, 1.807) is 13.0 Å². The largest absolute Gasteiger partial charge is 0.480 e. The van der Waals surface area contributed by atoms with Crippen LogP contribution in [-0.4, -0.2) is 38.7 Å². The van der Waals surface area contributed by atoms with Gasteiger partial charge >= 0.3 is 5.97 Å².